The first-order chi connectivity index (χ1) is 8.13. The summed E-state index contributed by atoms with van der Waals surface area (Å²) in [6.45, 7) is 4.95. The minimum atomic E-state index is -0.0855. The van der Waals surface area contributed by atoms with Crippen LogP contribution in [0.3, 0.4) is 0 Å². The zero-order chi connectivity index (χ0) is 12.4. The molecule has 17 heavy (non-hydrogen) atoms. The minimum Gasteiger partial charge on any atom is -0.395 e. The van der Waals surface area contributed by atoms with E-state index in [1.165, 1.54) is 11.3 Å². The number of aromatic nitrogens is 2. The maximum Gasteiger partial charge on any atom is 0.259 e. The fourth-order valence-electron chi connectivity index (χ4n) is 1.67. The number of aryl methyl sites for hydroxylation is 2. The van der Waals surface area contributed by atoms with E-state index in [1.54, 1.807) is 0 Å². The van der Waals surface area contributed by atoms with Crippen LogP contribution in [0.25, 0.3) is 10.2 Å². The van der Waals surface area contributed by atoms with Crippen LogP contribution >= 0.6 is 11.3 Å². The Morgan fingerprint density at radius 3 is 2.94 bits per heavy atom. The zero-order valence-electron chi connectivity index (χ0n) is 9.83. The summed E-state index contributed by atoms with van der Waals surface area (Å²) in [7, 11) is 0. The predicted molar refractivity (Wildman–Crippen MR) is 68.5 cm³/mol. The molecule has 5 nitrogen and oxygen atoms in total. The van der Waals surface area contributed by atoms with Gasteiger partial charge in [-0.3, -0.25) is 4.79 Å². The Hall–Kier alpha value is -1.24. The summed E-state index contributed by atoms with van der Waals surface area (Å²) in [5.74, 6) is 0.609. The third-order valence-corrected chi connectivity index (χ3v) is 3.77. The van der Waals surface area contributed by atoms with Crippen molar-refractivity contribution >= 4 is 21.6 Å². The molecule has 0 atom stereocenters. The highest BCUT2D eigenvalue weighted by Gasteiger charge is 2.11. The lowest BCUT2D eigenvalue weighted by molar-refractivity contribution is 0.291. The third-order valence-electron chi connectivity index (χ3n) is 2.67. The van der Waals surface area contributed by atoms with Gasteiger partial charge in [0.1, 0.15) is 10.7 Å². The summed E-state index contributed by atoms with van der Waals surface area (Å²) >= 11 is 1.54. The lowest BCUT2D eigenvalue weighted by Crippen LogP contribution is -2.21. The van der Waals surface area contributed by atoms with Crippen molar-refractivity contribution in [2.45, 2.75) is 20.4 Å². The Labute approximate surface area is 103 Å². The van der Waals surface area contributed by atoms with Crippen molar-refractivity contribution in [2.75, 3.05) is 13.2 Å². The monoisotopic (exact) mass is 253 g/mol. The van der Waals surface area contributed by atoms with E-state index in [1.807, 2.05) is 13.8 Å². The van der Waals surface area contributed by atoms with Gasteiger partial charge in [-0.15, -0.1) is 11.3 Å². The minimum absolute atomic E-state index is 0.0731. The Bertz CT molecular complexity index is 588. The van der Waals surface area contributed by atoms with E-state index in [9.17, 15) is 4.79 Å². The van der Waals surface area contributed by atoms with Gasteiger partial charge in [0.15, 0.2) is 0 Å². The van der Waals surface area contributed by atoms with Crippen LogP contribution in [0.1, 0.15) is 16.3 Å². The van der Waals surface area contributed by atoms with Gasteiger partial charge in [0.25, 0.3) is 5.56 Å². The number of rotatable bonds is 4. The van der Waals surface area contributed by atoms with Gasteiger partial charge >= 0.3 is 0 Å². The Balaban J connectivity index is 2.39. The van der Waals surface area contributed by atoms with E-state index in [4.69, 9.17) is 5.11 Å². The van der Waals surface area contributed by atoms with Crippen molar-refractivity contribution in [3.63, 3.8) is 0 Å². The summed E-state index contributed by atoms with van der Waals surface area (Å²) < 4.78 is 0. The van der Waals surface area contributed by atoms with Crippen LogP contribution in [0, 0.1) is 13.8 Å². The molecule has 0 unspecified atom stereocenters. The zero-order valence-corrected chi connectivity index (χ0v) is 10.6. The molecule has 6 heteroatoms. The van der Waals surface area contributed by atoms with Crippen molar-refractivity contribution in [3.8, 4) is 0 Å². The van der Waals surface area contributed by atoms with Crippen molar-refractivity contribution in [2.24, 2.45) is 0 Å². The summed E-state index contributed by atoms with van der Waals surface area (Å²) in [6, 6.07) is 0. The summed E-state index contributed by atoms with van der Waals surface area (Å²) in [5, 5.41) is 12.3. The molecule has 0 fully saturated rings. The van der Waals surface area contributed by atoms with E-state index in [2.05, 4.69) is 15.3 Å². The highest BCUT2D eigenvalue weighted by molar-refractivity contribution is 7.18. The lowest BCUT2D eigenvalue weighted by atomic mass is 10.2. The second kappa shape index (κ2) is 4.95. The van der Waals surface area contributed by atoms with Gasteiger partial charge in [0.2, 0.25) is 0 Å². The highest BCUT2D eigenvalue weighted by Crippen LogP contribution is 2.25. The molecule has 0 bridgehead atoms. The standard InChI is InChI=1S/C11H15N3O2S/c1-6-7(2)17-11-9(6)10(16)13-8(14-11)5-12-3-4-15/h12,15H,3-5H2,1-2H3,(H,13,14,16). The molecule has 92 valence electrons. The number of fused-ring (bicyclic) bond motifs is 1. The molecular weight excluding hydrogens is 238 g/mol. The SMILES string of the molecule is Cc1sc2nc(CNCCO)[nH]c(=O)c2c1C. The number of aliphatic hydroxyl groups is 1. The summed E-state index contributed by atoms with van der Waals surface area (Å²) in [4.78, 5) is 21.0. The van der Waals surface area contributed by atoms with Gasteiger partial charge in [-0.1, -0.05) is 0 Å². The van der Waals surface area contributed by atoms with Gasteiger partial charge in [-0.25, -0.2) is 4.98 Å². The number of nitrogens with zero attached hydrogens (tertiary/aromatic N) is 1. The van der Waals surface area contributed by atoms with Gasteiger partial charge in [-0.2, -0.15) is 0 Å². The van der Waals surface area contributed by atoms with Crippen molar-refractivity contribution in [1.29, 1.82) is 0 Å². The van der Waals surface area contributed by atoms with Crippen molar-refractivity contribution in [1.82, 2.24) is 15.3 Å². The molecule has 0 aliphatic rings. The number of hydrogen-bond acceptors (Lipinski definition) is 5. The molecular formula is C11H15N3O2S. The summed E-state index contributed by atoms with van der Waals surface area (Å²) in [5.41, 5.74) is 0.922. The van der Waals surface area contributed by atoms with Crippen molar-refractivity contribution < 1.29 is 5.11 Å². The first-order valence-corrected chi connectivity index (χ1v) is 6.25. The molecule has 2 aromatic rings. The molecule has 0 aromatic carbocycles. The van der Waals surface area contributed by atoms with E-state index < -0.39 is 0 Å². The van der Waals surface area contributed by atoms with Crippen LogP contribution in [-0.4, -0.2) is 28.2 Å². The molecule has 3 N–H and O–H groups in total. The maximum atomic E-state index is 11.9. The van der Waals surface area contributed by atoms with Gasteiger partial charge in [-0.05, 0) is 19.4 Å². The van der Waals surface area contributed by atoms with E-state index >= 15 is 0 Å². The molecule has 0 saturated carbocycles. The molecule has 0 amide bonds. The molecule has 0 spiro atoms. The van der Waals surface area contributed by atoms with E-state index in [0.29, 0.717) is 24.3 Å². The van der Waals surface area contributed by atoms with Crippen LogP contribution in [0.15, 0.2) is 4.79 Å². The van der Waals surface area contributed by atoms with Crippen LogP contribution in [-0.2, 0) is 6.54 Å². The van der Waals surface area contributed by atoms with Crippen molar-refractivity contribution in [3.05, 3.63) is 26.6 Å². The van der Waals surface area contributed by atoms with Gasteiger partial charge < -0.3 is 15.4 Å². The second-order valence-electron chi connectivity index (χ2n) is 3.88. The third kappa shape index (κ3) is 2.38. The lowest BCUT2D eigenvalue weighted by Gasteiger charge is -2.02. The van der Waals surface area contributed by atoms with Crippen LogP contribution in [0.4, 0.5) is 0 Å². The average molecular weight is 253 g/mol. The molecule has 2 rings (SSSR count). The first kappa shape index (κ1) is 12.2. The topological polar surface area (TPSA) is 78.0 Å². The highest BCUT2D eigenvalue weighted by atomic mass is 32.1. The Kier molecular flexibility index (Phi) is 3.56. The Morgan fingerprint density at radius 1 is 1.47 bits per heavy atom. The number of nitrogens with one attached hydrogen (secondary N) is 2. The van der Waals surface area contributed by atoms with Crippen LogP contribution in [0.2, 0.25) is 0 Å². The number of H-pyrrole nitrogens is 1. The molecule has 0 saturated heterocycles. The number of thiophene rings is 1. The molecule has 2 aromatic heterocycles. The fraction of sp³-hybridized carbons (Fsp3) is 0.455. The Morgan fingerprint density at radius 2 is 2.24 bits per heavy atom. The predicted octanol–water partition coefficient (Wildman–Crippen LogP) is 0.683. The fourth-order valence-corrected chi connectivity index (χ4v) is 2.72. The molecule has 2 heterocycles. The molecule has 0 aliphatic heterocycles. The average Bonchev–Trinajstić information content (AvgIpc) is 2.55. The number of aromatic amines is 1. The largest absolute Gasteiger partial charge is 0.395 e. The van der Waals surface area contributed by atoms with Crippen LogP contribution in [0.5, 0.6) is 0 Å². The van der Waals surface area contributed by atoms with Gasteiger partial charge in [0, 0.05) is 11.4 Å². The molecule has 0 radical (unpaired) electrons. The van der Waals surface area contributed by atoms with Crippen LogP contribution < -0.4 is 10.9 Å². The normalized spacial score (nSPS) is 11.2. The summed E-state index contributed by atoms with van der Waals surface area (Å²) in [6.07, 6.45) is 0. The smallest absolute Gasteiger partial charge is 0.259 e. The van der Waals surface area contributed by atoms with Gasteiger partial charge in [0.05, 0.1) is 18.5 Å². The maximum absolute atomic E-state index is 11.9. The molecule has 0 aliphatic carbocycles. The van der Waals surface area contributed by atoms with E-state index in [0.717, 1.165) is 15.3 Å². The number of aliphatic hydroxyl groups excluding tert-OH is 1. The second-order valence-corrected chi connectivity index (χ2v) is 5.08. The number of hydrogen-bond donors (Lipinski definition) is 3. The quantitative estimate of drug-likeness (QED) is 0.700. The first-order valence-electron chi connectivity index (χ1n) is 5.44. The van der Waals surface area contributed by atoms with E-state index in [-0.39, 0.29) is 12.2 Å².